The van der Waals surface area contributed by atoms with E-state index in [1.165, 1.54) is 13.2 Å². The number of benzene rings is 1. The Bertz CT molecular complexity index is 667. The third kappa shape index (κ3) is 6.68. The average molecular weight is 389 g/mol. The molecule has 6 heteroatoms. The van der Waals surface area contributed by atoms with Crippen LogP contribution in [0.1, 0.15) is 38.7 Å². The van der Waals surface area contributed by atoms with Crippen molar-refractivity contribution in [1.82, 2.24) is 4.90 Å². The second-order valence-corrected chi connectivity index (χ2v) is 7.02. The third-order valence-electron chi connectivity index (χ3n) is 4.64. The molecule has 28 heavy (non-hydrogen) atoms. The van der Waals surface area contributed by atoms with E-state index in [1.807, 2.05) is 31.2 Å². The fraction of sp³-hybridized carbons (Fsp3) is 0.545. The molecule has 1 saturated heterocycles. The Balaban J connectivity index is 2.10. The molecule has 1 amide bonds. The zero-order valence-corrected chi connectivity index (χ0v) is 17.1. The number of carbonyl (C=O) groups is 2. The lowest BCUT2D eigenvalue weighted by atomic mass is 10.1. The van der Waals surface area contributed by atoms with Gasteiger partial charge >= 0.3 is 5.97 Å². The summed E-state index contributed by atoms with van der Waals surface area (Å²) in [6.45, 7) is 5.92. The summed E-state index contributed by atoms with van der Waals surface area (Å²) in [7, 11) is 1.36. The zero-order chi connectivity index (χ0) is 20.4. The number of methoxy groups -OCH3 is 1. The minimum Gasteiger partial charge on any atom is -0.493 e. The molecule has 1 aliphatic rings. The molecule has 0 spiro atoms. The summed E-state index contributed by atoms with van der Waals surface area (Å²) in [5.74, 6) is -0.130. The molecule has 2 atom stereocenters. The fourth-order valence-electron chi connectivity index (χ4n) is 3.12. The smallest absolute Gasteiger partial charge is 0.310 e. The highest BCUT2D eigenvalue weighted by Crippen LogP contribution is 2.20. The van der Waals surface area contributed by atoms with Crippen LogP contribution in [-0.2, 0) is 19.1 Å². The van der Waals surface area contributed by atoms with Crippen molar-refractivity contribution in [3.05, 3.63) is 35.9 Å². The van der Waals surface area contributed by atoms with Gasteiger partial charge in [-0.2, -0.15) is 0 Å². The molecule has 6 nitrogen and oxygen atoms in total. The molecule has 2 rings (SSSR count). The van der Waals surface area contributed by atoms with Crippen molar-refractivity contribution in [3.8, 4) is 5.75 Å². The van der Waals surface area contributed by atoms with Crippen LogP contribution in [0.25, 0.3) is 6.08 Å². The summed E-state index contributed by atoms with van der Waals surface area (Å²) in [4.78, 5) is 26.3. The van der Waals surface area contributed by atoms with E-state index in [9.17, 15) is 9.59 Å². The van der Waals surface area contributed by atoms with Gasteiger partial charge in [0.1, 0.15) is 5.75 Å². The standard InChI is InChI=1S/C22H31NO5/c1-4-13-28-20-10-6-5-8-18(20)11-12-21(24)23(15-17(2)22(25)26-3)16-19-9-7-14-27-19/h5-6,8,10-12,17,19H,4,7,9,13-16H2,1-3H3/b12-11+. The number of esters is 1. The Morgan fingerprint density at radius 2 is 2.14 bits per heavy atom. The first-order valence-electron chi connectivity index (χ1n) is 9.93. The van der Waals surface area contributed by atoms with E-state index in [0.717, 1.165) is 37.2 Å². The third-order valence-corrected chi connectivity index (χ3v) is 4.64. The Kier molecular flexibility index (Phi) is 9.01. The maximum atomic E-state index is 12.9. The Morgan fingerprint density at radius 1 is 1.36 bits per heavy atom. The van der Waals surface area contributed by atoms with Crippen molar-refractivity contribution in [1.29, 1.82) is 0 Å². The molecule has 0 radical (unpaired) electrons. The zero-order valence-electron chi connectivity index (χ0n) is 17.1. The number of amides is 1. The van der Waals surface area contributed by atoms with Gasteiger partial charge in [-0.25, -0.2) is 0 Å². The van der Waals surface area contributed by atoms with Gasteiger partial charge in [0.05, 0.1) is 25.7 Å². The predicted octanol–water partition coefficient (Wildman–Crippen LogP) is 3.31. The number of para-hydroxylation sites is 1. The molecule has 1 aliphatic heterocycles. The van der Waals surface area contributed by atoms with Gasteiger partial charge in [0, 0.05) is 31.3 Å². The Hall–Kier alpha value is -2.34. The molecular formula is C22H31NO5. The lowest BCUT2D eigenvalue weighted by molar-refractivity contribution is -0.146. The van der Waals surface area contributed by atoms with Gasteiger partial charge in [-0.15, -0.1) is 0 Å². The molecular weight excluding hydrogens is 358 g/mol. The van der Waals surface area contributed by atoms with Crippen molar-refractivity contribution in [3.63, 3.8) is 0 Å². The second-order valence-electron chi connectivity index (χ2n) is 7.02. The summed E-state index contributed by atoms with van der Waals surface area (Å²) < 4.78 is 16.2. The monoisotopic (exact) mass is 389 g/mol. The van der Waals surface area contributed by atoms with Gasteiger partial charge in [-0.3, -0.25) is 9.59 Å². The van der Waals surface area contributed by atoms with Crippen LogP contribution in [0.5, 0.6) is 5.75 Å². The first-order chi connectivity index (χ1) is 13.5. The van der Waals surface area contributed by atoms with Crippen molar-refractivity contribution in [2.24, 2.45) is 5.92 Å². The first-order valence-corrected chi connectivity index (χ1v) is 9.93. The molecule has 0 saturated carbocycles. The molecule has 1 aromatic carbocycles. The number of ether oxygens (including phenoxy) is 3. The number of carbonyl (C=O) groups excluding carboxylic acids is 2. The minimum atomic E-state index is -0.399. The van der Waals surface area contributed by atoms with E-state index < -0.39 is 5.92 Å². The largest absolute Gasteiger partial charge is 0.493 e. The van der Waals surface area contributed by atoms with E-state index in [4.69, 9.17) is 14.2 Å². The SMILES string of the molecule is CCCOc1ccccc1/C=C/C(=O)N(CC1CCCO1)CC(C)C(=O)OC. The van der Waals surface area contributed by atoms with E-state index >= 15 is 0 Å². The average Bonchev–Trinajstić information content (AvgIpc) is 3.22. The quantitative estimate of drug-likeness (QED) is 0.454. The molecule has 1 aromatic rings. The van der Waals surface area contributed by atoms with Crippen molar-refractivity contribution in [2.45, 2.75) is 39.2 Å². The lowest BCUT2D eigenvalue weighted by Crippen LogP contribution is -2.40. The van der Waals surface area contributed by atoms with Crippen LogP contribution < -0.4 is 4.74 Å². The molecule has 1 fully saturated rings. The number of nitrogens with zero attached hydrogens (tertiary/aromatic N) is 1. The van der Waals surface area contributed by atoms with Gasteiger partial charge < -0.3 is 19.1 Å². The van der Waals surface area contributed by atoms with Crippen molar-refractivity contribution >= 4 is 18.0 Å². The van der Waals surface area contributed by atoms with Gasteiger partial charge in [0.2, 0.25) is 5.91 Å². The topological polar surface area (TPSA) is 65.1 Å². The molecule has 1 heterocycles. The van der Waals surface area contributed by atoms with E-state index in [-0.39, 0.29) is 18.0 Å². The molecule has 2 unspecified atom stereocenters. The first kappa shape index (κ1) is 22.0. The number of rotatable bonds is 10. The van der Waals surface area contributed by atoms with Crippen LogP contribution in [0.4, 0.5) is 0 Å². The molecule has 0 aliphatic carbocycles. The van der Waals surface area contributed by atoms with Gasteiger partial charge in [-0.05, 0) is 31.4 Å². The maximum Gasteiger partial charge on any atom is 0.310 e. The highest BCUT2D eigenvalue weighted by Gasteiger charge is 2.25. The summed E-state index contributed by atoms with van der Waals surface area (Å²) in [6, 6.07) is 7.62. The summed E-state index contributed by atoms with van der Waals surface area (Å²) in [5, 5.41) is 0. The summed E-state index contributed by atoms with van der Waals surface area (Å²) in [6.07, 6.45) is 6.15. The van der Waals surface area contributed by atoms with E-state index in [1.54, 1.807) is 17.9 Å². The van der Waals surface area contributed by atoms with E-state index in [0.29, 0.717) is 19.7 Å². The van der Waals surface area contributed by atoms with Crippen LogP contribution in [-0.4, -0.2) is 56.3 Å². The predicted molar refractivity (Wildman–Crippen MR) is 108 cm³/mol. The van der Waals surface area contributed by atoms with Crippen molar-refractivity contribution in [2.75, 3.05) is 33.4 Å². The Labute approximate surface area is 167 Å². The van der Waals surface area contributed by atoms with Crippen LogP contribution in [0.15, 0.2) is 30.3 Å². The second kappa shape index (κ2) is 11.5. The van der Waals surface area contributed by atoms with Crippen LogP contribution in [0.3, 0.4) is 0 Å². The maximum absolute atomic E-state index is 12.9. The summed E-state index contributed by atoms with van der Waals surface area (Å²) >= 11 is 0. The minimum absolute atomic E-state index is 0.0161. The molecule has 0 N–H and O–H groups in total. The number of hydrogen-bond acceptors (Lipinski definition) is 5. The molecule has 0 aromatic heterocycles. The highest BCUT2D eigenvalue weighted by atomic mass is 16.5. The Morgan fingerprint density at radius 3 is 2.82 bits per heavy atom. The fourth-order valence-corrected chi connectivity index (χ4v) is 3.12. The van der Waals surface area contributed by atoms with Crippen LogP contribution in [0.2, 0.25) is 0 Å². The number of hydrogen-bond donors (Lipinski definition) is 0. The van der Waals surface area contributed by atoms with Gasteiger partial charge in [0.15, 0.2) is 0 Å². The van der Waals surface area contributed by atoms with Gasteiger partial charge in [-0.1, -0.05) is 32.0 Å². The molecule has 0 bridgehead atoms. The van der Waals surface area contributed by atoms with E-state index in [2.05, 4.69) is 0 Å². The van der Waals surface area contributed by atoms with Crippen LogP contribution in [0, 0.1) is 5.92 Å². The van der Waals surface area contributed by atoms with Gasteiger partial charge in [0.25, 0.3) is 0 Å². The van der Waals surface area contributed by atoms with Crippen LogP contribution >= 0.6 is 0 Å². The molecule has 154 valence electrons. The summed E-state index contributed by atoms with van der Waals surface area (Å²) in [5.41, 5.74) is 0.849. The lowest BCUT2D eigenvalue weighted by Gasteiger charge is -2.26. The highest BCUT2D eigenvalue weighted by molar-refractivity contribution is 5.92. The normalized spacial score (nSPS) is 17.5. The van der Waals surface area contributed by atoms with Crippen molar-refractivity contribution < 1.29 is 23.8 Å².